The zero-order valence-electron chi connectivity index (χ0n) is 13.1. The molecule has 2 heteroatoms. The molecular weight excluding hydrogens is 224 g/mol. The van der Waals surface area contributed by atoms with Crippen molar-refractivity contribution >= 4 is 11.6 Å². The van der Waals surface area contributed by atoms with Gasteiger partial charge in [-0.2, -0.15) is 0 Å². The summed E-state index contributed by atoms with van der Waals surface area (Å²) in [6, 6.07) is 0. The Hall–Kier alpha value is -1.18. The molecule has 0 aliphatic carbocycles. The van der Waals surface area contributed by atoms with Crippen molar-refractivity contribution in [1.29, 1.82) is 0 Å². The number of ketones is 2. The summed E-state index contributed by atoms with van der Waals surface area (Å²) in [6.07, 6.45) is 7.05. The Morgan fingerprint density at radius 1 is 0.667 bits per heavy atom. The lowest BCUT2D eigenvalue weighted by molar-refractivity contribution is -0.113. The van der Waals surface area contributed by atoms with E-state index >= 15 is 0 Å². The van der Waals surface area contributed by atoms with Gasteiger partial charge in [-0.1, -0.05) is 53.7 Å². The molecule has 0 rings (SSSR count). The molecule has 0 saturated heterocycles. The molecule has 0 N–H and O–H groups in total. The van der Waals surface area contributed by atoms with E-state index in [9.17, 15) is 9.59 Å². The second-order valence-electron chi connectivity index (χ2n) is 6.62. The van der Waals surface area contributed by atoms with E-state index in [1.165, 1.54) is 0 Å². The van der Waals surface area contributed by atoms with Gasteiger partial charge in [-0.15, -0.1) is 0 Å². The van der Waals surface area contributed by atoms with Crippen LogP contribution in [0.4, 0.5) is 0 Å². The normalized spacial score (nSPS) is 12.4. The molecule has 0 atom stereocenters. The third-order valence-corrected chi connectivity index (χ3v) is 1.64. The lowest BCUT2D eigenvalue weighted by Crippen LogP contribution is -1.99. The summed E-state index contributed by atoms with van der Waals surface area (Å²) in [5.74, 6) is 0.231. The minimum absolute atomic E-state index is 0.116. The Kier molecular flexibility index (Phi) is 8.54. The third kappa shape index (κ3) is 24.2. The van der Waals surface area contributed by atoms with E-state index < -0.39 is 0 Å². The molecule has 0 fully saturated rings. The van der Waals surface area contributed by atoms with Gasteiger partial charge in [0.2, 0.25) is 0 Å². The maximum Gasteiger partial charge on any atom is 0.152 e. The Labute approximate surface area is 112 Å². The van der Waals surface area contributed by atoms with Gasteiger partial charge in [-0.3, -0.25) is 9.59 Å². The molecule has 0 spiro atoms. The molecule has 0 amide bonds. The van der Waals surface area contributed by atoms with Crippen molar-refractivity contribution < 1.29 is 9.59 Å². The number of carbonyl (C=O) groups is 2. The summed E-state index contributed by atoms with van der Waals surface area (Å²) >= 11 is 0. The first kappa shape index (κ1) is 19.2. The standard InChI is InChI=1S/2C8H14O/c2*1-7(9)5-6-8(2,3)4/h2*5-6H,1-4H3/b6-5+;6-5-. The van der Waals surface area contributed by atoms with Gasteiger partial charge in [0.1, 0.15) is 0 Å². The predicted molar refractivity (Wildman–Crippen MR) is 78.6 cm³/mol. The van der Waals surface area contributed by atoms with Gasteiger partial charge >= 0.3 is 0 Å². The number of hydrogen-bond acceptors (Lipinski definition) is 2. The van der Waals surface area contributed by atoms with Gasteiger partial charge in [-0.25, -0.2) is 0 Å². The van der Waals surface area contributed by atoms with Crippen molar-refractivity contribution in [3.8, 4) is 0 Å². The lowest BCUT2D eigenvalue weighted by atomic mass is 9.96. The van der Waals surface area contributed by atoms with Crippen molar-refractivity contribution in [2.75, 3.05) is 0 Å². The van der Waals surface area contributed by atoms with Crippen LogP contribution in [0.5, 0.6) is 0 Å². The van der Waals surface area contributed by atoms with Crippen LogP contribution in [0.15, 0.2) is 24.3 Å². The van der Waals surface area contributed by atoms with E-state index in [4.69, 9.17) is 0 Å². The highest BCUT2D eigenvalue weighted by Gasteiger charge is 2.03. The Balaban J connectivity index is 0. The second kappa shape index (κ2) is 8.02. The van der Waals surface area contributed by atoms with E-state index in [0.717, 1.165) is 0 Å². The van der Waals surface area contributed by atoms with Gasteiger partial charge in [0.25, 0.3) is 0 Å². The zero-order valence-corrected chi connectivity index (χ0v) is 13.1. The van der Waals surface area contributed by atoms with Gasteiger partial charge in [-0.05, 0) is 36.8 Å². The van der Waals surface area contributed by atoms with Crippen LogP contribution in [0.1, 0.15) is 55.4 Å². The van der Waals surface area contributed by atoms with E-state index in [1.54, 1.807) is 26.0 Å². The topological polar surface area (TPSA) is 34.1 Å². The quantitative estimate of drug-likeness (QED) is 0.684. The Bertz CT molecular complexity index is 286. The van der Waals surface area contributed by atoms with E-state index in [2.05, 4.69) is 41.5 Å². The average molecular weight is 252 g/mol. The van der Waals surface area contributed by atoms with Crippen molar-refractivity contribution in [2.24, 2.45) is 10.8 Å². The molecule has 0 aromatic heterocycles. The van der Waals surface area contributed by atoms with Gasteiger partial charge in [0, 0.05) is 0 Å². The van der Waals surface area contributed by atoms with Crippen molar-refractivity contribution in [3.05, 3.63) is 24.3 Å². The molecular formula is C16H28O2. The summed E-state index contributed by atoms with van der Waals surface area (Å²) in [7, 11) is 0. The molecule has 0 heterocycles. The second-order valence-corrected chi connectivity index (χ2v) is 6.62. The maximum absolute atomic E-state index is 10.4. The van der Waals surface area contributed by atoms with Crippen molar-refractivity contribution in [1.82, 2.24) is 0 Å². The van der Waals surface area contributed by atoms with Crippen LogP contribution in [-0.2, 0) is 9.59 Å². The van der Waals surface area contributed by atoms with Crippen LogP contribution < -0.4 is 0 Å². The summed E-state index contributed by atoms with van der Waals surface area (Å²) in [6.45, 7) is 15.5. The number of hydrogen-bond donors (Lipinski definition) is 0. The van der Waals surface area contributed by atoms with Crippen LogP contribution in [0.3, 0.4) is 0 Å². The first-order valence-corrected chi connectivity index (χ1v) is 6.23. The minimum Gasteiger partial charge on any atom is -0.295 e. The fourth-order valence-corrected chi connectivity index (χ4v) is 0.735. The summed E-state index contributed by atoms with van der Waals surface area (Å²) in [5, 5.41) is 0. The number of carbonyl (C=O) groups excluding carboxylic acids is 2. The number of rotatable bonds is 2. The molecule has 0 aromatic rings. The Morgan fingerprint density at radius 2 is 0.889 bits per heavy atom. The summed E-state index contributed by atoms with van der Waals surface area (Å²) < 4.78 is 0. The molecule has 0 radical (unpaired) electrons. The molecule has 0 aliphatic rings. The van der Waals surface area contributed by atoms with Crippen molar-refractivity contribution in [2.45, 2.75) is 55.4 Å². The molecule has 0 bridgehead atoms. The summed E-state index contributed by atoms with van der Waals surface area (Å²) in [5.41, 5.74) is 0.261. The van der Waals surface area contributed by atoms with Crippen LogP contribution in [0.25, 0.3) is 0 Å². The van der Waals surface area contributed by atoms with E-state index in [1.807, 2.05) is 12.2 Å². The lowest BCUT2D eigenvalue weighted by Gasteiger charge is -2.09. The van der Waals surface area contributed by atoms with Crippen molar-refractivity contribution in [3.63, 3.8) is 0 Å². The van der Waals surface area contributed by atoms with Crippen LogP contribution in [-0.4, -0.2) is 11.6 Å². The average Bonchev–Trinajstić information content (AvgIpc) is 2.10. The van der Waals surface area contributed by atoms with Gasteiger partial charge in [0.05, 0.1) is 0 Å². The Morgan fingerprint density at radius 3 is 0.944 bits per heavy atom. The molecule has 0 saturated carbocycles. The molecule has 18 heavy (non-hydrogen) atoms. The minimum atomic E-state index is 0.116. The maximum atomic E-state index is 10.4. The SMILES string of the molecule is CC(=O)/C=C/C(C)(C)C.CC(=O)/C=C\C(C)(C)C. The molecule has 0 unspecified atom stereocenters. The molecule has 0 aromatic carbocycles. The smallest absolute Gasteiger partial charge is 0.152 e. The monoisotopic (exact) mass is 252 g/mol. The van der Waals surface area contributed by atoms with Gasteiger partial charge in [0.15, 0.2) is 11.6 Å². The van der Waals surface area contributed by atoms with E-state index in [-0.39, 0.29) is 22.4 Å². The largest absolute Gasteiger partial charge is 0.295 e. The first-order valence-electron chi connectivity index (χ1n) is 6.23. The van der Waals surface area contributed by atoms with E-state index in [0.29, 0.717) is 0 Å². The highest BCUT2D eigenvalue weighted by molar-refractivity contribution is 5.87. The first-order chi connectivity index (χ1) is 7.83. The highest BCUT2D eigenvalue weighted by atomic mass is 16.1. The highest BCUT2D eigenvalue weighted by Crippen LogP contribution is 2.14. The van der Waals surface area contributed by atoms with Gasteiger partial charge < -0.3 is 0 Å². The molecule has 2 nitrogen and oxygen atoms in total. The number of allylic oxidation sites excluding steroid dienone is 4. The van der Waals surface area contributed by atoms with Crippen LogP contribution in [0.2, 0.25) is 0 Å². The van der Waals surface area contributed by atoms with Crippen LogP contribution in [0, 0.1) is 10.8 Å². The summed E-state index contributed by atoms with van der Waals surface area (Å²) in [4.78, 5) is 20.8. The zero-order chi connectivity index (χ0) is 15.0. The fourth-order valence-electron chi connectivity index (χ4n) is 0.735. The predicted octanol–water partition coefficient (Wildman–Crippen LogP) is 4.36. The van der Waals surface area contributed by atoms with Crippen LogP contribution >= 0.6 is 0 Å². The fraction of sp³-hybridized carbons (Fsp3) is 0.625. The molecule has 104 valence electrons. The molecule has 0 aliphatic heterocycles. The third-order valence-electron chi connectivity index (χ3n) is 1.64.